The lowest BCUT2D eigenvalue weighted by Gasteiger charge is -1.99. The zero-order valence-electron chi connectivity index (χ0n) is 8.74. The molecule has 3 heteroatoms. The molecule has 0 N–H and O–H groups in total. The van der Waals surface area contributed by atoms with Gasteiger partial charge in [0, 0.05) is 14.2 Å². The number of aryl methyl sites for hydroxylation is 2. The number of methoxy groups -OCH3 is 1. The van der Waals surface area contributed by atoms with E-state index in [4.69, 9.17) is 4.74 Å². The summed E-state index contributed by atoms with van der Waals surface area (Å²) in [6.45, 7) is 2.65. The zero-order valence-corrected chi connectivity index (χ0v) is 8.74. The molecule has 0 radical (unpaired) electrons. The summed E-state index contributed by atoms with van der Waals surface area (Å²) in [7, 11) is 3.73. The molecular formula is C11H14N2O. The van der Waals surface area contributed by atoms with Crippen molar-refractivity contribution in [2.75, 3.05) is 7.11 Å². The van der Waals surface area contributed by atoms with Gasteiger partial charge in [0.25, 0.3) is 0 Å². The van der Waals surface area contributed by atoms with Crippen LogP contribution in [0.4, 0.5) is 0 Å². The first kappa shape index (κ1) is 9.21. The Kier molecular flexibility index (Phi) is 2.25. The lowest BCUT2D eigenvalue weighted by molar-refractivity contribution is 0.185. The van der Waals surface area contributed by atoms with Gasteiger partial charge < -0.3 is 9.30 Å². The molecule has 0 atom stereocenters. The van der Waals surface area contributed by atoms with E-state index in [0.29, 0.717) is 6.61 Å². The number of aromatic nitrogens is 2. The fourth-order valence-corrected chi connectivity index (χ4v) is 1.62. The van der Waals surface area contributed by atoms with E-state index in [9.17, 15) is 0 Å². The van der Waals surface area contributed by atoms with Crippen molar-refractivity contribution < 1.29 is 4.74 Å². The second kappa shape index (κ2) is 3.42. The molecule has 14 heavy (non-hydrogen) atoms. The highest BCUT2D eigenvalue weighted by Crippen LogP contribution is 2.16. The van der Waals surface area contributed by atoms with Crippen LogP contribution in [-0.4, -0.2) is 16.7 Å². The van der Waals surface area contributed by atoms with Crippen molar-refractivity contribution in [3.05, 3.63) is 29.6 Å². The highest BCUT2D eigenvalue weighted by Gasteiger charge is 2.03. The van der Waals surface area contributed by atoms with Crippen molar-refractivity contribution in [1.29, 1.82) is 0 Å². The first-order valence-corrected chi connectivity index (χ1v) is 4.63. The van der Waals surface area contributed by atoms with E-state index in [1.165, 1.54) is 5.52 Å². The lowest BCUT2D eigenvalue weighted by atomic mass is 10.2. The number of benzene rings is 1. The zero-order chi connectivity index (χ0) is 10.1. The summed E-state index contributed by atoms with van der Waals surface area (Å²) in [5.74, 6) is 1.04. The van der Waals surface area contributed by atoms with Crippen molar-refractivity contribution >= 4 is 11.0 Å². The van der Waals surface area contributed by atoms with Gasteiger partial charge >= 0.3 is 0 Å². The number of hydrogen-bond donors (Lipinski definition) is 0. The van der Waals surface area contributed by atoms with E-state index in [-0.39, 0.29) is 0 Å². The van der Waals surface area contributed by atoms with Crippen LogP contribution in [0.2, 0.25) is 0 Å². The van der Waals surface area contributed by atoms with E-state index < -0.39 is 0 Å². The molecule has 1 heterocycles. The second-order valence-electron chi connectivity index (χ2n) is 3.47. The Bertz CT molecular complexity index is 460. The fraction of sp³-hybridized carbons (Fsp3) is 0.364. The van der Waals surface area contributed by atoms with Crippen LogP contribution in [0.3, 0.4) is 0 Å². The van der Waals surface area contributed by atoms with Crippen LogP contribution in [0, 0.1) is 6.92 Å². The Labute approximate surface area is 83.3 Å². The topological polar surface area (TPSA) is 27.1 Å². The van der Waals surface area contributed by atoms with Gasteiger partial charge in [0.1, 0.15) is 5.82 Å². The molecule has 0 aliphatic rings. The third-order valence-electron chi connectivity index (χ3n) is 2.48. The fourth-order valence-electron chi connectivity index (χ4n) is 1.62. The largest absolute Gasteiger partial charge is 0.380 e. The molecule has 0 spiro atoms. The average Bonchev–Trinajstić information content (AvgIpc) is 2.43. The smallest absolute Gasteiger partial charge is 0.106 e. The van der Waals surface area contributed by atoms with E-state index in [0.717, 1.165) is 16.9 Å². The molecule has 1 aromatic carbocycles. The first-order chi connectivity index (χ1) is 6.72. The Morgan fingerprint density at radius 2 is 2.21 bits per heavy atom. The van der Waals surface area contributed by atoms with E-state index in [1.807, 2.05) is 14.0 Å². The van der Waals surface area contributed by atoms with Gasteiger partial charge in [0.05, 0.1) is 17.6 Å². The highest BCUT2D eigenvalue weighted by atomic mass is 16.5. The minimum atomic E-state index is 0.644. The van der Waals surface area contributed by atoms with Gasteiger partial charge in [-0.2, -0.15) is 0 Å². The van der Waals surface area contributed by atoms with Gasteiger partial charge in [-0.05, 0) is 24.6 Å². The van der Waals surface area contributed by atoms with Crippen LogP contribution in [0.25, 0.3) is 11.0 Å². The van der Waals surface area contributed by atoms with Gasteiger partial charge in [-0.3, -0.25) is 0 Å². The summed E-state index contributed by atoms with van der Waals surface area (Å²) < 4.78 is 7.17. The summed E-state index contributed by atoms with van der Waals surface area (Å²) >= 11 is 0. The molecule has 0 bridgehead atoms. The normalized spacial score (nSPS) is 11.1. The van der Waals surface area contributed by atoms with Crippen LogP contribution in [0.15, 0.2) is 18.2 Å². The lowest BCUT2D eigenvalue weighted by Crippen LogP contribution is -1.90. The predicted molar refractivity (Wildman–Crippen MR) is 56.2 cm³/mol. The first-order valence-electron chi connectivity index (χ1n) is 4.63. The summed E-state index contributed by atoms with van der Waals surface area (Å²) in [6.07, 6.45) is 0. The minimum absolute atomic E-state index is 0.644. The molecule has 2 aromatic rings. The van der Waals surface area contributed by atoms with E-state index in [1.54, 1.807) is 7.11 Å². The second-order valence-corrected chi connectivity index (χ2v) is 3.47. The summed E-state index contributed by atoms with van der Waals surface area (Å²) in [4.78, 5) is 4.46. The Hall–Kier alpha value is -1.35. The number of nitrogens with zero attached hydrogens (tertiary/aromatic N) is 2. The monoisotopic (exact) mass is 190 g/mol. The molecule has 0 saturated heterocycles. The quantitative estimate of drug-likeness (QED) is 0.724. The van der Waals surface area contributed by atoms with E-state index >= 15 is 0 Å². The molecule has 74 valence electrons. The van der Waals surface area contributed by atoms with Gasteiger partial charge in [-0.25, -0.2) is 4.98 Å². The third-order valence-corrected chi connectivity index (χ3v) is 2.48. The number of imidazole rings is 1. The third kappa shape index (κ3) is 1.40. The van der Waals surface area contributed by atoms with Crippen molar-refractivity contribution in [2.24, 2.45) is 7.05 Å². The molecule has 0 aliphatic carbocycles. The van der Waals surface area contributed by atoms with Crippen molar-refractivity contribution in [1.82, 2.24) is 9.55 Å². The molecule has 2 rings (SSSR count). The number of rotatable bonds is 2. The van der Waals surface area contributed by atoms with Crippen LogP contribution < -0.4 is 0 Å². The van der Waals surface area contributed by atoms with Gasteiger partial charge in [-0.15, -0.1) is 0 Å². The maximum absolute atomic E-state index is 5.08. The van der Waals surface area contributed by atoms with Crippen LogP contribution >= 0.6 is 0 Å². The number of hydrogen-bond acceptors (Lipinski definition) is 2. The minimum Gasteiger partial charge on any atom is -0.380 e. The Morgan fingerprint density at radius 1 is 1.43 bits per heavy atom. The standard InChI is InChI=1S/C11H14N2O/c1-8-12-10-6-9(7-14-3)4-5-11(10)13(8)2/h4-6H,7H2,1-3H3. The molecule has 0 unspecified atom stereocenters. The van der Waals surface area contributed by atoms with Gasteiger partial charge in [-0.1, -0.05) is 6.07 Å². The van der Waals surface area contributed by atoms with Crippen LogP contribution in [-0.2, 0) is 18.4 Å². The molecule has 3 nitrogen and oxygen atoms in total. The number of ether oxygens (including phenoxy) is 1. The van der Waals surface area contributed by atoms with Crippen molar-refractivity contribution in [3.8, 4) is 0 Å². The van der Waals surface area contributed by atoms with Crippen molar-refractivity contribution in [2.45, 2.75) is 13.5 Å². The van der Waals surface area contributed by atoms with E-state index in [2.05, 4.69) is 27.8 Å². The predicted octanol–water partition coefficient (Wildman–Crippen LogP) is 2.03. The highest BCUT2D eigenvalue weighted by molar-refractivity contribution is 5.76. The average molecular weight is 190 g/mol. The summed E-state index contributed by atoms with van der Waals surface area (Å²) in [5, 5.41) is 0. The molecule has 1 aromatic heterocycles. The molecular weight excluding hydrogens is 176 g/mol. The maximum Gasteiger partial charge on any atom is 0.106 e. The Balaban J connectivity index is 2.56. The van der Waals surface area contributed by atoms with Gasteiger partial charge in [0.15, 0.2) is 0 Å². The van der Waals surface area contributed by atoms with Crippen molar-refractivity contribution in [3.63, 3.8) is 0 Å². The molecule has 0 fully saturated rings. The SMILES string of the molecule is COCc1ccc2c(c1)nc(C)n2C. The number of fused-ring (bicyclic) bond motifs is 1. The van der Waals surface area contributed by atoms with Crippen LogP contribution in [0.5, 0.6) is 0 Å². The molecule has 0 aliphatic heterocycles. The summed E-state index contributed by atoms with van der Waals surface area (Å²) in [6, 6.07) is 6.24. The Morgan fingerprint density at radius 3 is 2.93 bits per heavy atom. The molecule has 0 amide bonds. The van der Waals surface area contributed by atoms with Crippen LogP contribution in [0.1, 0.15) is 11.4 Å². The van der Waals surface area contributed by atoms with Gasteiger partial charge in [0.2, 0.25) is 0 Å². The maximum atomic E-state index is 5.08. The molecule has 0 saturated carbocycles. The summed E-state index contributed by atoms with van der Waals surface area (Å²) in [5.41, 5.74) is 3.38.